The molecule has 1 nitrogen and oxygen atoms in total. The van der Waals surface area contributed by atoms with Crippen LogP contribution >= 0.6 is 0 Å². The third kappa shape index (κ3) is 1.82. The van der Waals surface area contributed by atoms with Crippen molar-refractivity contribution in [2.24, 2.45) is 0 Å². The van der Waals surface area contributed by atoms with Crippen LogP contribution in [0.25, 0.3) is 0 Å². The Kier molecular flexibility index (Phi) is 3.04. The summed E-state index contributed by atoms with van der Waals surface area (Å²) in [5.41, 5.74) is 3.11. The van der Waals surface area contributed by atoms with Gasteiger partial charge in [0.1, 0.15) is 5.82 Å². The van der Waals surface area contributed by atoms with Gasteiger partial charge in [-0.1, -0.05) is 13.0 Å². The van der Waals surface area contributed by atoms with Gasteiger partial charge in [0.15, 0.2) is 0 Å². The normalized spacial score (nSPS) is 26.7. The number of hydrogen-bond donors (Lipinski definition) is 0. The van der Waals surface area contributed by atoms with Crippen molar-refractivity contribution >= 4 is 5.69 Å². The standard InChI is InChI=1S/C16H22FN/c1-3-12-9-11(2)16(15(17)10-12)18-13-5-4-6-14(18)8-7-13/h9-10,13-14H,3-8H2,1-2H3. The van der Waals surface area contributed by atoms with Crippen LogP contribution in [0.3, 0.4) is 0 Å². The molecule has 0 spiro atoms. The first-order valence-corrected chi connectivity index (χ1v) is 7.28. The summed E-state index contributed by atoms with van der Waals surface area (Å²) >= 11 is 0. The molecule has 2 aliphatic heterocycles. The monoisotopic (exact) mass is 247 g/mol. The second-order valence-corrected chi connectivity index (χ2v) is 5.82. The van der Waals surface area contributed by atoms with E-state index in [1.165, 1.54) is 32.1 Å². The van der Waals surface area contributed by atoms with E-state index in [0.717, 1.165) is 23.2 Å². The fraction of sp³-hybridized carbons (Fsp3) is 0.625. The first-order valence-electron chi connectivity index (χ1n) is 7.28. The topological polar surface area (TPSA) is 3.24 Å². The minimum atomic E-state index is -0.00866. The molecule has 1 aromatic carbocycles. The van der Waals surface area contributed by atoms with Crippen LogP contribution in [0.1, 0.15) is 50.2 Å². The van der Waals surface area contributed by atoms with Gasteiger partial charge in [0.2, 0.25) is 0 Å². The van der Waals surface area contributed by atoms with Crippen LogP contribution in [0, 0.1) is 12.7 Å². The van der Waals surface area contributed by atoms with E-state index in [1.807, 2.05) is 0 Å². The van der Waals surface area contributed by atoms with Gasteiger partial charge in [-0.15, -0.1) is 0 Å². The van der Waals surface area contributed by atoms with E-state index in [-0.39, 0.29) is 5.82 Å². The molecule has 2 fully saturated rings. The Morgan fingerprint density at radius 2 is 1.83 bits per heavy atom. The van der Waals surface area contributed by atoms with Crippen LogP contribution in [0.4, 0.5) is 10.1 Å². The van der Waals surface area contributed by atoms with Crippen LogP contribution in [0.2, 0.25) is 0 Å². The van der Waals surface area contributed by atoms with Crippen molar-refractivity contribution in [2.45, 2.75) is 64.5 Å². The van der Waals surface area contributed by atoms with E-state index >= 15 is 0 Å². The molecule has 2 heteroatoms. The molecule has 2 unspecified atom stereocenters. The Morgan fingerprint density at radius 3 is 2.39 bits per heavy atom. The quantitative estimate of drug-likeness (QED) is 0.756. The molecular formula is C16H22FN. The van der Waals surface area contributed by atoms with Crippen molar-refractivity contribution in [3.05, 3.63) is 29.1 Å². The molecule has 1 aromatic rings. The van der Waals surface area contributed by atoms with E-state index in [0.29, 0.717) is 12.1 Å². The summed E-state index contributed by atoms with van der Waals surface area (Å²) in [4.78, 5) is 2.40. The molecule has 18 heavy (non-hydrogen) atoms. The number of hydrogen-bond acceptors (Lipinski definition) is 1. The van der Waals surface area contributed by atoms with Crippen molar-refractivity contribution in [1.29, 1.82) is 0 Å². The van der Waals surface area contributed by atoms with Crippen LogP contribution in [0.5, 0.6) is 0 Å². The SMILES string of the molecule is CCc1cc(C)c(N2C3CCCC2CC3)c(F)c1. The summed E-state index contributed by atoms with van der Waals surface area (Å²) in [5, 5.41) is 0. The van der Waals surface area contributed by atoms with Gasteiger partial charge < -0.3 is 4.90 Å². The minimum absolute atomic E-state index is 0.00866. The lowest BCUT2D eigenvalue weighted by Crippen LogP contribution is -2.40. The summed E-state index contributed by atoms with van der Waals surface area (Å²) < 4.78 is 14.4. The van der Waals surface area contributed by atoms with Crippen LogP contribution in [-0.4, -0.2) is 12.1 Å². The largest absolute Gasteiger partial charge is 0.363 e. The Morgan fingerprint density at radius 1 is 1.17 bits per heavy atom. The number of benzene rings is 1. The van der Waals surface area contributed by atoms with E-state index in [1.54, 1.807) is 6.07 Å². The highest BCUT2D eigenvalue weighted by Crippen LogP contribution is 2.41. The highest BCUT2D eigenvalue weighted by atomic mass is 19.1. The van der Waals surface area contributed by atoms with Crippen molar-refractivity contribution in [1.82, 2.24) is 0 Å². The predicted molar refractivity (Wildman–Crippen MR) is 73.7 cm³/mol. The number of nitrogens with zero attached hydrogens (tertiary/aromatic N) is 1. The maximum absolute atomic E-state index is 14.4. The van der Waals surface area contributed by atoms with Gasteiger partial charge in [0.05, 0.1) is 5.69 Å². The van der Waals surface area contributed by atoms with Gasteiger partial charge in [0.25, 0.3) is 0 Å². The fourth-order valence-electron chi connectivity index (χ4n) is 3.82. The van der Waals surface area contributed by atoms with Gasteiger partial charge in [0, 0.05) is 12.1 Å². The van der Waals surface area contributed by atoms with Gasteiger partial charge in [-0.25, -0.2) is 4.39 Å². The maximum Gasteiger partial charge on any atom is 0.147 e. The molecule has 3 rings (SSSR count). The molecule has 0 N–H and O–H groups in total. The molecule has 2 atom stereocenters. The average Bonchev–Trinajstić information content (AvgIpc) is 2.60. The smallest absolute Gasteiger partial charge is 0.147 e. The summed E-state index contributed by atoms with van der Waals surface area (Å²) in [6.07, 6.45) is 7.21. The molecule has 2 heterocycles. The van der Waals surface area contributed by atoms with Gasteiger partial charge in [-0.2, -0.15) is 0 Å². The first-order chi connectivity index (χ1) is 8.70. The highest BCUT2D eigenvalue weighted by Gasteiger charge is 2.38. The summed E-state index contributed by atoms with van der Waals surface area (Å²) in [5.74, 6) is -0.00866. The molecule has 0 amide bonds. The van der Waals surface area contributed by atoms with Crippen molar-refractivity contribution in [2.75, 3.05) is 4.90 Å². The van der Waals surface area contributed by atoms with Crippen LogP contribution in [0.15, 0.2) is 12.1 Å². The van der Waals surface area contributed by atoms with Crippen LogP contribution < -0.4 is 4.90 Å². The Hall–Kier alpha value is -1.05. The molecule has 0 saturated carbocycles. The lowest BCUT2D eigenvalue weighted by Gasteiger charge is -2.38. The van der Waals surface area contributed by atoms with E-state index in [4.69, 9.17) is 0 Å². The van der Waals surface area contributed by atoms with Gasteiger partial charge >= 0.3 is 0 Å². The third-order valence-corrected chi connectivity index (χ3v) is 4.67. The van der Waals surface area contributed by atoms with Crippen molar-refractivity contribution in [3.8, 4) is 0 Å². The third-order valence-electron chi connectivity index (χ3n) is 4.67. The van der Waals surface area contributed by atoms with E-state index < -0.39 is 0 Å². The molecule has 0 radical (unpaired) electrons. The van der Waals surface area contributed by atoms with Crippen molar-refractivity contribution < 1.29 is 4.39 Å². The molecular weight excluding hydrogens is 225 g/mol. The number of rotatable bonds is 2. The average molecular weight is 247 g/mol. The second-order valence-electron chi connectivity index (χ2n) is 5.82. The highest BCUT2D eigenvalue weighted by molar-refractivity contribution is 5.58. The number of aryl methyl sites for hydroxylation is 2. The molecule has 98 valence electrons. The first kappa shape index (κ1) is 12.0. The molecule has 2 aliphatic rings. The van der Waals surface area contributed by atoms with Gasteiger partial charge in [-0.3, -0.25) is 0 Å². The maximum atomic E-state index is 14.4. The summed E-state index contributed by atoms with van der Waals surface area (Å²) in [6.45, 7) is 4.14. The minimum Gasteiger partial charge on any atom is -0.363 e. The number of halogens is 1. The fourth-order valence-corrected chi connectivity index (χ4v) is 3.82. The zero-order valence-corrected chi connectivity index (χ0v) is 11.4. The van der Waals surface area contributed by atoms with E-state index in [2.05, 4.69) is 24.8 Å². The molecule has 2 bridgehead atoms. The Balaban J connectivity index is 2.02. The Bertz CT molecular complexity index is 415. The number of anilines is 1. The Labute approximate surface area is 109 Å². The summed E-state index contributed by atoms with van der Waals surface area (Å²) in [6, 6.07) is 5.07. The molecule has 0 aliphatic carbocycles. The van der Waals surface area contributed by atoms with E-state index in [9.17, 15) is 4.39 Å². The molecule has 2 saturated heterocycles. The van der Waals surface area contributed by atoms with Crippen molar-refractivity contribution in [3.63, 3.8) is 0 Å². The second kappa shape index (κ2) is 4.56. The van der Waals surface area contributed by atoms with Crippen LogP contribution in [-0.2, 0) is 6.42 Å². The lowest BCUT2D eigenvalue weighted by atomic mass is 9.99. The zero-order chi connectivity index (χ0) is 12.7. The zero-order valence-electron chi connectivity index (χ0n) is 11.4. The summed E-state index contributed by atoms with van der Waals surface area (Å²) in [7, 11) is 0. The predicted octanol–water partition coefficient (Wildman–Crippen LogP) is 4.22. The van der Waals surface area contributed by atoms with Gasteiger partial charge in [-0.05, 0) is 62.6 Å². The lowest BCUT2D eigenvalue weighted by molar-refractivity contribution is 0.459. The number of fused-ring (bicyclic) bond motifs is 2. The number of piperidine rings is 1. The molecule has 0 aromatic heterocycles.